The summed E-state index contributed by atoms with van der Waals surface area (Å²) in [5, 5.41) is 12.8. The van der Waals surface area contributed by atoms with E-state index in [1.165, 1.54) is 5.56 Å². The smallest absolute Gasteiger partial charge is 0.242 e. The van der Waals surface area contributed by atoms with Crippen LogP contribution in [0.25, 0.3) is 0 Å². The summed E-state index contributed by atoms with van der Waals surface area (Å²) < 4.78 is 0. The normalized spacial score (nSPS) is 26.8. The number of carbonyl (C=O) groups is 2. The predicted molar refractivity (Wildman–Crippen MR) is 91.1 cm³/mol. The minimum atomic E-state index is -0.391. The van der Waals surface area contributed by atoms with Gasteiger partial charge < -0.3 is 15.3 Å². The number of aliphatic hydroxyl groups is 1. The lowest BCUT2D eigenvalue weighted by atomic mass is 10.1. The summed E-state index contributed by atoms with van der Waals surface area (Å²) in [4.78, 5) is 26.4. The van der Waals surface area contributed by atoms with Gasteiger partial charge in [-0.3, -0.25) is 9.59 Å². The first-order chi connectivity index (χ1) is 11.5. The van der Waals surface area contributed by atoms with E-state index in [0.29, 0.717) is 25.9 Å². The lowest BCUT2D eigenvalue weighted by Gasteiger charge is -2.25. The van der Waals surface area contributed by atoms with E-state index in [9.17, 15) is 14.7 Å². The molecule has 0 spiro atoms. The summed E-state index contributed by atoms with van der Waals surface area (Å²) >= 11 is 0. The molecule has 3 unspecified atom stereocenters. The third kappa shape index (κ3) is 3.78. The van der Waals surface area contributed by atoms with E-state index in [1.807, 2.05) is 31.2 Å². The van der Waals surface area contributed by atoms with Crippen molar-refractivity contribution in [2.24, 2.45) is 5.92 Å². The number of rotatable bonds is 5. The number of nitrogens with one attached hydrogen (secondary N) is 1. The number of carbonyl (C=O) groups excluding carboxylic acids is 2. The zero-order valence-electron chi connectivity index (χ0n) is 14.2. The van der Waals surface area contributed by atoms with Gasteiger partial charge in [-0.2, -0.15) is 0 Å². The van der Waals surface area contributed by atoms with Gasteiger partial charge in [0.1, 0.15) is 6.04 Å². The van der Waals surface area contributed by atoms with Crippen LogP contribution in [0.5, 0.6) is 0 Å². The molecule has 1 saturated carbocycles. The molecule has 3 atom stereocenters. The highest BCUT2D eigenvalue weighted by molar-refractivity contribution is 5.90. The summed E-state index contributed by atoms with van der Waals surface area (Å²) in [6.07, 6.45) is 3.49. The Morgan fingerprint density at radius 2 is 2.00 bits per heavy atom. The lowest BCUT2D eigenvalue weighted by molar-refractivity contribution is -0.136. The second kappa shape index (κ2) is 7.34. The predicted octanol–water partition coefficient (Wildman–Crippen LogP) is 1.76. The first-order valence-corrected chi connectivity index (χ1v) is 8.85. The summed E-state index contributed by atoms with van der Waals surface area (Å²) in [5.74, 6) is 0.0975. The van der Waals surface area contributed by atoms with Crippen LogP contribution in [0.2, 0.25) is 0 Å². The van der Waals surface area contributed by atoms with Crippen LogP contribution in [-0.4, -0.2) is 40.5 Å². The molecule has 0 bridgehead atoms. The second-order valence-corrected chi connectivity index (χ2v) is 7.07. The van der Waals surface area contributed by atoms with Gasteiger partial charge in [-0.25, -0.2) is 0 Å². The molecule has 2 fully saturated rings. The van der Waals surface area contributed by atoms with Gasteiger partial charge in [-0.15, -0.1) is 0 Å². The van der Waals surface area contributed by atoms with Crippen molar-refractivity contribution in [2.75, 3.05) is 6.54 Å². The number of hydrogen-bond donors (Lipinski definition) is 2. The molecule has 1 aromatic carbocycles. The van der Waals surface area contributed by atoms with E-state index >= 15 is 0 Å². The fourth-order valence-electron chi connectivity index (χ4n) is 3.70. The average molecular weight is 330 g/mol. The van der Waals surface area contributed by atoms with Crippen molar-refractivity contribution in [1.82, 2.24) is 10.2 Å². The minimum Gasteiger partial charge on any atom is -0.393 e. The third-order valence-electron chi connectivity index (χ3n) is 5.26. The van der Waals surface area contributed by atoms with Gasteiger partial charge in [0.15, 0.2) is 0 Å². The molecule has 2 N–H and O–H groups in total. The molecule has 2 amide bonds. The van der Waals surface area contributed by atoms with Crippen molar-refractivity contribution in [2.45, 2.75) is 57.7 Å². The van der Waals surface area contributed by atoms with Gasteiger partial charge in [-0.1, -0.05) is 36.2 Å². The van der Waals surface area contributed by atoms with Crippen LogP contribution < -0.4 is 5.32 Å². The number of aryl methyl sites for hydroxylation is 1. The Hall–Kier alpha value is -1.88. The molecular formula is C19H26N2O3. The van der Waals surface area contributed by atoms with Gasteiger partial charge in [0.25, 0.3) is 0 Å². The lowest BCUT2D eigenvalue weighted by Crippen LogP contribution is -2.46. The van der Waals surface area contributed by atoms with Gasteiger partial charge in [0, 0.05) is 25.4 Å². The molecule has 0 aromatic heterocycles. The number of benzene rings is 1. The molecular weight excluding hydrogens is 304 g/mol. The number of likely N-dealkylation sites (tertiary alicyclic amines) is 1. The average Bonchev–Trinajstić information content (AvgIpc) is 3.14. The molecule has 130 valence electrons. The zero-order valence-corrected chi connectivity index (χ0v) is 14.2. The van der Waals surface area contributed by atoms with Crippen molar-refractivity contribution >= 4 is 11.8 Å². The molecule has 1 saturated heterocycles. The first-order valence-electron chi connectivity index (χ1n) is 8.85. The largest absolute Gasteiger partial charge is 0.393 e. The third-order valence-corrected chi connectivity index (χ3v) is 5.26. The molecule has 1 aliphatic heterocycles. The van der Waals surface area contributed by atoms with E-state index in [4.69, 9.17) is 0 Å². The van der Waals surface area contributed by atoms with E-state index in [2.05, 4.69) is 5.32 Å². The van der Waals surface area contributed by atoms with E-state index in [0.717, 1.165) is 24.8 Å². The number of aliphatic hydroxyl groups excluding tert-OH is 1. The second-order valence-electron chi connectivity index (χ2n) is 7.07. The molecule has 3 rings (SSSR count). The first kappa shape index (κ1) is 17.0. The molecule has 1 aliphatic carbocycles. The molecule has 24 heavy (non-hydrogen) atoms. The fourth-order valence-corrected chi connectivity index (χ4v) is 3.70. The van der Waals surface area contributed by atoms with Crippen molar-refractivity contribution < 1.29 is 14.7 Å². The van der Waals surface area contributed by atoms with Crippen LogP contribution in [-0.2, 0) is 16.1 Å². The van der Waals surface area contributed by atoms with Crippen molar-refractivity contribution in [3.63, 3.8) is 0 Å². The maximum atomic E-state index is 12.5. The molecule has 5 nitrogen and oxygen atoms in total. The van der Waals surface area contributed by atoms with E-state index in [1.54, 1.807) is 4.90 Å². The summed E-state index contributed by atoms with van der Waals surface area (Å²) in [6.45, 7) is 3.00. The van der Waals surface area contributed by atoms with Crippen LogP contribution >= 0.6 is 0 Å². The summed E-state index contributed by atoms with van der Waals surface area (Å²) in [6, 6.07) is 7.66. The highest BCUT2D eigenvalue weighted by atomic mass is 16.3. The van der Waals surface area contributed by atoms with E-state index in [-0.39, 0.29) is 23.8 Å². The monoisotopic (exact) mass is 330 g/mol. The Morgan fingerprint density at radius 1 is 1.25 bits per heavy atom. The Morgan fingerprint density at radius 3 is 2.67 bits per heavy atom. The van der Waals surface area contributed by atoms with Crippen molar-refractivity contribution in [1.29, 1.82) is 0 Å². The molecule has 0 radical (unpaired) electrons. The maximum Gasteiger partial charge on any atom is 0.242 e. The molecule has 2 aliphatic rings. The van der Waals surface area contributed by atoms with Gasteiger partial charge in [0.05, 0.1) is 6.10 Å². The Kier molecular flexibility index (Phi) is 5.19. The van der Waals surface area contributed by atoms with Gasteiger partial charge >= 0.3 is 0 Å². The SMILES string of the molecule is Cc1ccc(CN2C(=O)CCC2C(=O)NCC2CCCC2O)cc1. The summed E-state index contributed by atoms with van der Waals surface area (Å²) in [5.41, 5.74) is 2.22. The van der Waals surface area contributed by atoms with Crippen LogP contribution in [0.3, 0.4) is 0 Å². The topological polar surface area (TPSA) is 69.6 Å². The van der Waals surface area contributed by atoms with E-state index < -0.39 is 6.04 Å². The Bertz CT molecular complexity index is 599. The van der Waals surface area contributed by atoms with Crippen LogP contribution in [0.15, 0.2) is 24.3 Å². The highest BCUT2D eigenvalue weighted by Gasteiger charge is 2.36. The molecule has 1 aromatic rings. The quantitative estimate of drug-likeness (QED) is 0.864. The van der Waals surface area contributed by atoms with Crippen LogP contribution in [0, 0.1) is 12.8 Å². The van der Waals surface area contributed by atoms with Crippen molar-refractivity contribution in [3.8, 4) is 0 Å². The van der Waals surface area contributed by atoms with Crippen LogP contribution in [0.1, 0.15) is 43.2 Å². The standard InChI is InChI=1S/C19H26N2O3/c1-13-5-7-14(8-6-13)12-21-16(9-10-18(21)23)19(24)20-11-15-3-2-4-17(15)22/h5-8,15-17,22H,2-4,9-12H2,1H3,(H,20,24). The Balaban J connectivity index is 1.59. The summed E-state index contributed by atoms with van der Waals surface area (Å²) in [7, 11) is 0. The Labute approximate surface area is 143 Å². The minimum absolute atomic E-state index is 0.0385. The molecule has 1 heterocycles. The number of hydrogen-bond acceptors (Lipinski definition) is 3. The highest BCUT2D eigenvalue weighted by Crippen LogP contribution is 2.25. The maximum absolute atomic E-state index is 12.5. The van der Waals surface area contributed by atoms with Crippen LogP contribution in [0.4, 0.5) is 0 Å². The number of amides is 2. The molecule has 5 heteroatoms. The number of nitrogens with zero attached hydrogens (tertiary/aromatic N) is 1. The van der Waals surface area contributed by atoms with Gasteiger partial charge in [-0.05, 0) is 31.7 Å². The van der Waals surface area contributed by atoms with Gasteiger partial charge in [0.2, 0.25) is 11.8 Å². The zero-order chi connectivity index (χ0) is 17.1. The van der Waals surface area contributed by atoms with Crippen molar-refractivity contribution in [3.05, 3.63) is 35.4 Å². The fraction of sp³-hybridized carbons (Fsp3) is 0.579.